The predicted octanol–water partition coefficient (Wildman–Crippen LogP) is 4.03. The number of hydrogen-bond donors (Lipinski definition) is 1. The van der Waals surface area contributed by atoms with E-state index in [0.717, 1.165) is 11.1 Å². The Balaban J connectivity index is 1.69. The van der Waals surface area contributed by atoms with Gasteiger partial charge in [-0.05, 0) is 38.1 Å². The second-order valence-electron chi connectivity index (χ2n) is 5.72. The molecule has 0 atom stereocenters. The monoisotopic (exact) mass is 324 g/mol. The van der Waals surface area contributed by atoms with Crippen molar-refractivity contribution in [1.29, 1.82) is 0 Å². The van der Waals surface area contributed by atoms with Crippen LogP contribution in [0.15, 0.2) is 53.1 Å². The quantitative estimate of drug-likeness (QED) is 0.788. The van der Waals surface area contributed by atoms with Crippen molar-refractivity contribution < 1.29 is 13.7 Å². The number of amides is 1. The fraction of sp³-hybridized carbons (Fsp3) is 0.158. The fourth-order valence-electron chi connectivity index (χ4n) is 2.56. The van der Waals surface area contributed by atoms with E-state index in [4.69, 9.17) is 4.52 Å². The van der Waals surface area contributed by atoms with Crippen LogP contribution in [0, 0.1) is 19.7 Å². The van der Waals surface area contributed by atoms with Gasteiger partial charge in [0.15, 0.2) is 5.76 Å². The number of nitrogens with zero attached hydrogens (tertiary/aromatic N) is 1. The standard InChI is InChI=1S/C19H17FN2O2/c1-12-7-13(2)9-14(8-12)19(23)21-11-15-10-18(24-22-15)16-5-3-4-6-17(16)20/h3-10H,11H2,1-2H3,(H,21,23). The summed E-state index contributed by atoms with van der Waals surface area (Å²) in [6.07, 6.45) is 0. The van der Waals surface area contributed by atoms with E-state index in [9.17, 15) is 9.18 Å². The van der Waals surface area contributed by atoms with Gasteiger partial charge in [-0.25, -0.2) is 4.39 Å². The van der Waals surface area contributed by atoms with E-state index < -0.39 is 0 Å². The van der Waals surface area contributed by atoms with Crippen molar-refractivity contribution in [2.24, 2.45) is 0 Å². The Bertz CT molecular complexity index is 866. The predicted molar refractivity (Wildman–Crippen MR) is 89.0 cm³/mol. The van der Waals surface area contributed by atoms with Gasteiger partial charge in [0.1, 0.15) is 11.5 Å². The molecule has 0 saturated heterocycles. The normalized spacial score (nSPS) is 10.6. The van der Waals surface area contributed by atoms with Crippen LogP contribution in [-0.2, 0) is 6.54 Å². The minimum atomic E-state index is -0.375. The van der Waals surface area contributed by atoms with Gasteiger partial charge in [-0.1, -0.05) is 34.5 Å². The SMILES string of the molecule is Cc1cc(C)cc(C(=O)NCc2cc(-c3ccccc3F)on2)c1. The van der Waals surface area contributed by atoms with Crippen molar-refractivity contribution in [3.8, 4) is 11.3 Å². The summed E-state index contributed by atoms with van der Waals surface area (Å²) >= 11 is 0. The molecule has 1 N–H and O–H groups in total. The summed E-state index contributed by atoms with van der Waals surface area (Å²) in [7, 11) is 0. The minimum Gasteiger partial charge on any atom is -0.356 e. The van der Waals surface area contributed by atoms with Gasteiger partial charge in [-0.2, -0.15) is 0 Å². The summed E-state index contributed by atoms with van der Waals surface area (Å²) in [5.41, 5.74) is 3.54. The number of aryl methyl sites for hydroxylation is 2. The first-order chi connectivity index (χ1) is 11.5. The van der Waals surface area contributed by atoms with Crippen LogP contribution in [0.4, 0.5) is 4.39 Å². The zero-order valence-electron chi connectivity index (χ0n) is 13.5. The molecular formula is C19H17FN2O2. The van der Waals surface area contributed by atoms with Crippen LogP contribution >= 0.6 is 0 Å². The van der Waals surface area contributed by atoms with Gasteiger partial charge in [-0.3, -0.25) is 4.79 Å². The molecule has 2 aromatic carbocycles. The van der Waals surface area contributed by atoms with Gasteiger partial charge in [0.25, 0.3) is 5.91 Å². The highest BCUT2D eigenvalue weighted by atomic mass is 19.1. The van der Waals surface area contributed by atoms with Crippen LogP contribution in [0.2, 0.25) is 0 Å². The Morgan fingerprint density at radius 1 is 1.12 bits per heavy atom. The Morgan fingerprint density at radius 3 is 2.54 bits per heavy atom. The van der Waals surface area contributed by atoms with Gasteiger partial charge < -0.3 is 9.84 Å². The number of rotatable bonds is 4. The smallest absolute Gasteiger partial charge is 0.251 e. The average Bonchev–Trinajstić information content (AvgIpc) is 3.01. The summed E-state index contributed by atoms with van der Waals surface area (Å²) in [6.45, 7) is 4.11. The van der Waals surface area contributed by atoms with Crippen molar-refractivity contribution in [3.63, 3.8) is 0 Å². The molecule has 0 aliphatic rings. The molecule has 0 fully saturated rings. The highest BCUT2D eigenvalue weighted by molar-refractivity contribution is 5.94. The molecule has 3 aromatic rings. The third kappa shape index (κ3) is 3.51. The van der Waals surface area contributed by atoms with Gasteiger partial charge in [0.2, 0.25) is 0 Å². The number of carbonyl (C=O) groups is 1. The zero-order valence-corrected chi connectivity index (χ0v) is 13.5. The Kier molecular flexibility index (Phi) is 4.42. The van der Waals surface area contributed by atoms with Crippen molar-refractivity contribution in [2.75, 3.05) is 0 Å². The lowest BCUT2D eigenvalue weighted by molar-refractivity contribution is 0.0950. The van der Waals surface area contributed by atoms with Crippen LogP contribution in [0.1, 0.15) is 27.2 Å². The van der Waals surface area contributed by atoms with E-state index in [-0.39, 0.29) is 18.3 Å². The van der Waals surface area contributed by atoms with E-state index in [1.54, 1.807) is 24.3 Å². The van der Waals surface area contributed by atoms with Gasteiger partial charge >= 0.3 is 0 Å². The first-order valence-electron chi connectivity index (χ1n) is 7.60. The molecule has 3 rings (SSSR count). The number of halogens is 1. The lowest BCUT2D eigenvalue weighted by Gasteiger charge is -2.05. The Labute approximate surface area is 139 Å². The molecule has 1 aromatic heterocycles. The largest absolute Gasteiger partial charge is 0.356 e. The van der Waals surface area contributed by atoms with E-state index in [1.807, 2.05) is 32.0 Å². The average molecular weight is 324 g/mol. The molecule has 1 amide bonds. The maximum atomic E-state index is 13.7. The fourth-order valence-corrected chi connectivity index (χ4v) is 2.56. The first-order valence-corrected chi connectivity index (χ1v) is 7.60. The van der Waals surface area contributed by atoms with Crippen molar-refractivity contribution in [2.45, 2.75) is 20.4 Å². The highest BCUT2D eigenvalue weighted by Gasteiger charge is 2.12. The minimum absolute atomic E-state index is 0.183. The van der Waals surface area contributed by atoms with Crippen LogP contribution in [0.5, 0.6) is 0 Å². The third-order valence-electron chi connectivity index (χ3n) is 3.61. The summed E-state index contributed by atoms with van der Waals surface area (Å²) < 4.78 is 18.9. The van der Waals surface area contributed by atoms with E-state index >= 15 is 0 Å². The summed E-state index contributed by atoms with van der Waals surface area (Å²) in [5.74, 6) is -0.222. The summed E-state index contributed by atoms with van der Waals surface area (Å²) in [5, 5.41) is 6.67. The molecule has 122 valence electrons. The second kappa shape index (κ2) is 6.66. The zero-order chi connectivity index (χ0) is 17.1. The molecule has 0 aliphatic heterocycles. The van der Waals surface area contributed by atoms with E-state index in [2.05, 4.69) is 10.5 Å². The molecule has 5 heteroatoms. The Morgan fingerprint density at radius 2 is 1.83 bits per heavy atom. The summed E-state index contributed by atoms with van der Waals surface area (Å²) in [6, 6.07) is 13.6. The molecule has 24 heavy (non-hydrogen) atoms. The summed E-state index contributed by atoms with van der Waals surface area (Å²) in [4.78, 5) is 12.2. The molecule has 0 bridgehead atoms. The lowest BCUT2D eigenvalue weighted by atomic mass is 10.1. The molecule has 0 unspecified atom stereocenters. The third-order valence-corrected chi connectivity index (χ3v) is 3.61. The van der Waals surface area contributed by atoms with Crippen LogP contribution in [0.3, 0.4) is 0 Å². The molecule has 0 radical (unpaired) electrons. The maximum Gasteiger partial charge on any atom is 0.251 e. The van der Waals surface area contributed by atoms with Crippen LogP contribution in [0.25, 0.3) is 11.3 Å². The van der Waals surface area contributed by atoms with E-state index in [0.29, 0.717) is 22.6 Å². The number of carbonyl (C=O) groups excluding carboxylic acids is 1. The highest BCUT2D eigenvalue weighted by Crippen LogP contribution is 2.23. The molecule has 0 saturated carbocycles. The first kappa shape index (κ1) is 15.9. The molecule has 0 spiro atoms. The maximum absolute atomic E-state index is 13.7. The van der Waals surface area contributed by atoms with Crippen molar-refractivity contribution in [1.82, 2.24) is 10.5 Å². The molecule has 1 heterocycles. The second-order valence-corrected chi connectivity index (χ2v) is 5.72. The lowest BCUT2D eigenvalue weighted by Crippen LogP contribution is -2.23. The number of hydrogen-bond acceptors (Lipinski definition) is 3. The van der Waals surface area contributed by atoms with Crippen LogP contribution in [-0.4, -0.2) is 11.1 Å². The van der Waals surface area contributed by atoms with Crippen LogP contribution < -0.4 is 5.32 Å². The number of aromatic nitrogens is 1. The molecule has 4 nitrogen and oxygen atoms in total. The number of nitrogens with one attached hydrogen (secondary N) is 1. The number of benzene rings is 2. The topological polar surface area (TPSA) is 55.1 Å². The van der Waals surface area contributed by atoms with Gasteiger partial charge in [-0.15, -0.1) is 0 Å². The molecule has 0 aliphatic carbocycles. The Hall–Kier alpha value is -2.95. The van der Waals surface area contributed by atoms with Gasteiger partial charge in [0, 0.05) is 11.6 Å². The van der Waals surface area contributed by atoms with Crippen molar-refractivity contribution in [3.05, 3.63) is 76.7 Å². The van der Waals surface area contributed by atoms with E-state index in [1.165, 1.54) is 6.07 Å². The van der Waals surface area contributed by atoms with Crippen molar-refractivity contribution >= 4 is 5.91 Å². The molecular weight excluding hydrogens is 307 g/mol. The van der Waals surface area contributed by atoms with Gasteiger partial charge in [0.05, 0.1) is 12.1 Å².